The number of hydrogen-bond donors (Lipinski definition) is 2. The van der Waals surface area contributed by atoms with E-state index in [0.717, 1.165) is 37.6 Å². The molecule has 0 unspecified atom stereocenters. The van der Waals surface area contributed by atoms with Crippen molar-refractivity contribution in [1.82, 2.24) is 20.5 Å². The molecule has 1 aromatic heterocycles. The maximum Gasteiger partial charge on any atom is 0.156 e. The van der Waals surface area contributed by atoms with Gasteiger partial charge in [-0.25, -0.2) is 4.98 Å². The molecule has 0 saturated carbocycles. The highest BCUT2D eigenvalue weighted by molar-refractivity contribution is 5.09. The van der Waals surface area contributed by atoms with Gasteiger partial charge in [0.2, 0.25) is 0 Å². The minimum absolute atomic E-state index is 0.162. The van der Waals surface area contributed by atoms with Gasteiger partial charge in [0.1, 0.15) is 5.82 Å². The molecule has 4 nitrogen and oxygen atoms in total. The van der Waals surface area contributed by atoms with Gasteiger partial charge in [0.15, 0.2) is 5.82 Å². The van der Waals surface area contributed by atoms with E-state index < -0.39 is 0 Å². The number of nitrogens with zero attached hydrogens (tertiary/aromatic N) is 2. The summed E-state index contributed by atoms with van der Waals surface area (Å²) in [5.74, 6) is 2.43. The Labute approximate surface area is 90.9 Å². The molecule has 0 aromatic carbocycles. The summed E-state index contributed by atoms with van der Waals surface area (Å²) in [5, 5.41) is 10.8. The standard InChI is InChI=1S/C11H20N4/c1-8(2)9-13-10(15-14-9)11(3)4-6-12-7-5-11/h8,12H,4-7H2,1-3H3,(H,13,14,15). The molecule has 4 heteroatoms. The first-order valence-electron chi connectivity index (χ1n) is 5.75. The zero-order valence-electron chi connectivity index (χ0n) is 9.80. The summed E-state index contributed by atoms with van der Waals surface area (Å²) in [7, 11) is 0. The molecule has 1 fully saturated rings. The Kier molecular flexibility index (Phi) is 2.78. The topological polar surface area (TPSA) is 53.6 Å². The van der Waals surface area contributed by atoms with Crippen molar-refractivity contribution in [2.75, 3.05) is 13.1 Å². The Hall–Kier alpha value is -0.900. The molecule has 15 heavy (non-hydrogen) atoms. The van der Waals surface area contributed by atoms with Gasteiger partial charge in [-0.1, -0.05) is 20.8 Å². The monoisotopic (exact) mass is 208 g/mol. The lowest BCUT2D eigenvalue weighted by molar-refractivity contribution is 0.319. The van der Waals surface area contributed by atoms with E-state index in [1.165, 1.54) is 0 Å². The molecule has 0 atom stereocenters. The van der Waals surface area contributed by atoms with Crippen molar-refractivity contribution in [2.24, 2.45) is 0 Å². The molecule has 84 valence electrons. The highest BCUT2D eigenvalue weighted by Gasteiger charge is 2.32. The maximum absolute atomic E-state index is 4.61. The number of aromatic nitrogens is 3. The van der Waals surface area contributed by atoms with Gasteiger partial charge in [-0.2, -0.15) is 5.10 Å². The summed E-state index contributed by atoms with van der Waals surface area (Å²) in [6.07, 6.45) is 2.25. The predicted octanol–water partition coefficient (Wildman–Crippen LogP) is 1.57. The van der Waals surface area contributed by atoms with Crippen LogP contribution in [-0.2, 0) is 5.41 Å². The van der Waals surface area contributed by atoms with E-state index in [1.54, 1.807) is 0 Å². The van der Waals surface area contributed by atoms with Crippen LogP contribution in [-0.4, -0.2) is 28.3 Å². The summed E-state index contributed by atoms with van der Waals surface area (Å²) in [4.78, 5) is 4.61. The van der Waals surface area contributed by atoms with E-state index in [0.29, 0.717) is 5.92 Å². The summed E-state index contributed by atoms with van der Waals surface area (Å²) in [6.45, 7) is 8.68. The van der Waals surface area contributed by atoms with Crippen LogP contribution in [0.2, 0.25) is 0 Å². The fourth-order valence-corrected chi connectivity index (χ4v) is 2.00. The van der Waals surface area contributed by atoms with Gasteiger partial charge < -0.3 is 5.32 Å². The average molecular weight is 208 g/mol. The SMILES string of the molecule is CC(C)c1nc(C2(C)CCNCC2)n[nH]1. The molecule has 2 rings (SSSR count). The Morgan fingerprint density at radius 1 is 1.27 bits per heavy atom. The molecule has 0 bridgehead atoms. The lowest BCUT2D eigenvalue weighted by Crippen LogP contribution is -2.38. The van der Waals surface area contributed by atoms with Gasteiger partial charge in [-0.05, 0) is 25.9 Å². The van der Waals surface area contributed by atoms with Crippen LogP contribution in [0.5, 0.6) is 0 Å². The third-order valence-corrected chi connectivity index (χ3v) is 3.30. The Morgan fingerprint density at radius 3 is 2.47 bits per heavy atom. The number of rotatable bonds is 2. The first kappa shape index (κ1) is 10.6. The summed E-state index contributed by atoms with van der Waals surface area (Å²) in [6, 6.07) is 0. The average Bonchev–Trinajstić information content (AvgIpc) is 2.68. The fraction of sp³-hybridized carbons (Fsp3) is 0.818. The van der Waals surface area contributed by atoms with Crippen molar-refractivity contribution in [1.29, 1.82) is 0 Å². The Balaban J connectivity index is 2.20. The largest absolute Gasteiger partial charge is 0.317 e. The molecule has 0 amide bonds. The summed E-state index contributed by atoms with van der Waals surface area (Å²) in [5.41, 5.74) is 0.162. The molecule has 2 N–H and O–H groups in total. The molecular weight excluding hydrogens is 188 g/mol. The van der Waals surface area contributed by atoms with Crippen LogP contribution in [0, 0.1) is 0 Å². The number of nitrogens with one attached hydrogen (secondary N) is 2. The van der Waals surface area contributed by atoms with E-state index in [1.807, 2.05) is 0 Å². The normalized spacial score (nSPS) is 20.8. The molecule has 0 spiro atoms. The number of piperidine rings is 1. The molecule has 1 aliphatic rings. The number of aromatic amines is 1. The third-order valence-electron chi connectivity index (χ3n) is 3.30. The van der Waals surface area contributed by atoms with Crippen molar-refractivity contribution >= 4 is 0 Å². The van der Waals surface area contributed by atoms with Crippen LogP contribution >= 0.6 is 0 Å². The molecule has 2 heterocycles. The van der Waals surface area contributed by atoms with Gasteiger partial charge >= 0.3 is 0 Å². The van der Waals surface area contributed by atoms with Gasteiger partial charge in [-0.3, -0.25) is 5.10 Å². The molecule has 0 aliphatic carbocycles. The summed E-state index contributed by atoms with van der Waals surface area (Å²) < 4.78 is 0. The Bertz CT molecular complexity index is 323. The number of H-pyrrole nitrogens is 1. The molecule has 0 radical (unpaired) electrons. The minimum atomic E-state index is 0.162. The van der Waals surface area contributed by atoms with E-state index >= 15 is 0 Å². The van der Waals surface area contributed by atoms with E-state index in [9.17, 15) is 0 Å². The van der Waals surface area contributed by atoms with Crippen molar-refractivity contribution in [2.45, 2.75) is 44.9 Å². The van der Waals surface area contributed by atoms with Gasteiger partial charge in [0.25, 0.3) is 0 Å². The third kappa shape index (κ3) is 2.04. The first-order chi connectivity index (χ1) is 7.12. The first-order valence-corrected chi connectivity index (χ1v) is 5.75. The zero-order chi connectivity index (χ0) is 10.9. The van der Waals surface area contributed by atoms with Crippen LogP contribution < -0.4 is 5.32 Å². The van der Waals surface area contributed by atoms with Gasteiger partial charge in [0.05, 0.1) is 0 Å². The predicted molar refractivity (Wildman–Crippen MR) is 59.9 cm³/mol. The molecular formula is C11H20N4. The Morgan fingerprint density at radius 2 is 1.93 bits per heavy atom. The molecule has 1 aliphatic heterocycles. The van der Waals surface area contributed by atoms with Gasteiger partial charge in [-0.15, -0.1) is 0 Å². The van der Waals surface area contributed by atoms with Crippen molar-refractivity contribution in [3.05, 3.63) is 11.6 Å². The van der Waals surface area contributed by atoms with Crippen LogP contribution in [0.25, 0.3) is 0 Å². The lowest BCUT2D eigenvalue weighted by atomic mass is 9.80. The second kappa shape index (κ2) is 3.93. The van der Waals surface area contributed by atoms with E-state index in [4.69, 9.17) is 0 Å². The lowest BCUT2D eigenvalue weighted by Gasteiger charge is -2.31. The zero-order valence-corrected chi connectivity index (χ0v) is 9.80. The van der Waals surface area contributed by atoms with Crippen LogP contribution in [0.15, 0.2) is 0 Å². The summed E-state index contributed by atoms with van der Waals surface area (Å²) >= 11 is 0. The second-order valence-corrected chi connectivity index (χ2v) is 5.01. The number of hydrogen-bond acceptors (Lipinski definition) is 3. The van der Waals surface area contributed by atoms with Crippen molar-refractivity contribution < 1.29 is 0 Å². The maximum atomic E-state index is 4.61. The minimum Gasteiger partial charge on any atom is -0.317 e. The van der Waals surface area contributed by atoms with Crippen molar-refractivity contribution in [3.63, 3.8) is 0 Å². The van der Waals surface area contributed by atoms with Crippen LogP contribution in [0.3, 0.4) is 0 Å². The van der Waals surface area contributed by atoms with E-state index in [2.05, 4.69) is 41.3 Å². The highest BCUT2D eigenvalue weighted by Crippen LogP contribution is 2.30. The van der Waals surface area contributed by atoms with Gasteiger partial charge in [0, 0.05) is 11.3 Å². The second-order valence-electron chi connectivity index (χ2n) is 5.01. The fourth-order valence-electron chi connectivity index (χ4n) is 2.00. The van der Waals surface area contributed by atoms with Crippen LogP contribution in [0.1, 0.15) is 51.2 Å². The van der Waals surface area contributed by atoms with Crippen molar-refractivity contribution in [3.8, 4) is 0 Å². The van der Waals surface area contributed by atoms with E-state index in [-0.39, 0.29) is 5.41 Å². The quantitative estimate of drug-likeness (QED) is 0.775. The highest BCUT2D eigenvalue weighted by atomic mass is 15.2. The van der Waals surface area contributed by atoms with Crippen LogP contribution in [0.4, 0.5) is 0 Å². The smallest absolute Gasteiger partial charge is 0.156 e. The molecule has 1 saturated heterocycles. The molecule has 1 aromatic rings.